The van der Waals surface area contributed by atoms with Crippen LogP contribution in [0.3, 0.4) is 0 Å². The molecule has 1 saturated heterocycles. The molecule has 0 spiro atoms. The summed E-state index contributed by atoms with van der Waals surface area (Å²) in [5.41, 5.74) is 2.98. The average Bonchev–Trinajstić information content (AvgIpc) is 3.38. The smallest absolute Gasteiger partial charge is 0.209 e. The van der Waals surface area contributed by atoms with Crippen LogP contribution in [0.2, 0.25) is 0 Å². The van der Waals surface area contributed by atoms with E-state index in [9.17, 15) is 0 Å². The molecule has 0 unspecified atom stereocenters. The Morgan fingerprint density at radius 3 is 2.62 bits per heavy atom. The molecule has 0 amide bonds. The van der Waals surface area contributed by atoms with Crippen molar-refractivity contribution in [1.82, 2.24) is 24.3 Å². The Kier molecular flexibility index (Phi) is 7.03. The number of benzene rings is 1. The van der Waals surface area contributed by atoms with E-state index in [0.29, 0.717) is 36.6 Å². The van der Waals surface area contributed by atoms with E-state index >= 15 is 0 Å². The fraction of sp³-hybridized carbons (Fsp3) is 0.444. The highest BCUT2D eigenvalue weighted by atomic mass is 16.5. The van der Waals surface area contributed by atoms with Crippen molar-refractivity contribution in [2.75, 3.05) is 37.2 Å². The topological polar surface area (TPSA) is 100 Å². The molecule has 0 saturated carbocycles. The first kappa shape index (κ1) is 25.0. The molecule has 0 radical (unpaired) electrons. The molecule has 1 aliphatic rings. The molecule has 4 aromatic rings. The highest BCUT2D eigenvalue weighted by Crippen LogP contribution is 2.31. The van der Waals surface area contributed by atoms with E-state index in [0.717, 1.165) is 42.6 Å². The van der Waals surface area contributed by atoms with Crippen LogP contribution in [0, 0.1) is 5.92 Å². The highest BCUT2D eigenvalue weighted by molar-refractivity contribution is 5.81. The van der Waals surface area contributed by atoms with E-state index in [2.05, 4.69) is 47.1 Å². The van der Waals surface area contributed by atoms with Crippen LogP contribution in [0.15, 0.2) is 42.6 Å². The van der Waals surface area contributed by atoms with Crippen molar-refractivity contribution in [1.29, 1.82) is 0 Å². The van der Waals surface area contributed by atoms with Crippen LogP contribution < -0.4 is 15.4 Å². The molecular weight excluding hydrogens is 470 g/mol. The largest absolute Gasteiger partial charge is 0.457 e. The molecule has 0 aliphatic carbocycles. The van der Waals surface area contributed by atoms with Crippen LogP contribution in [-0.2, 0) is 28.5 Å². The summed E-state index contributed by atoms with van der Waals surface area (Å²) in [7, 11) is 1.98. The molecule has 0 bridgehead atoms. The van der Waals surface area contributed by atoms with Crippen molar-refractivity contribution in [2.45, 2.75) is 39.7 Å². The number of nitrogens with zero attached hydrogens (tertiary/aromatic N) is 5. The van der Waals surface area contributed by atoms with Gasteiger partial charge in [-0.2, -0.15) is 5.10 Å². The number of nitrogens with one attached hydrogen (secondary N) is 2. The van der Waals surface area contributed by atoms with E-state index in [-0.39, 0.29) is 5.41 Å². The van der Waals surface area contributed by atoms with E-state index in [1.54, 1.807) is 6.20 Å². The number of anilines is 3. The first-order valence-electron chi connectivity index (χ1n) is 12.6. The van der Waals surface area contributed by atoms with Crippen molar-refractivity contribution in [2.24, 2.45) is 13.0 Å². The molecule has 10 heteroatoms. The number of hydrogen-bond donors (Lipinski definition) is 2. The van der Waals surface area contributed by atoms with Gasteiger partial charge in [-0.1, -0.05) is 20.8 Å². The Bertz CT molecular complexity index is 1370. The molecule has 196 valence electrons. The van der Waals surface area contributed by atoms with Crippen LogP contribution in [0.4, 0.5) is 17.6 Å². The molecule has 2 N–H and O–H groups in total. The van der Waals surface area contributed by atoms with Gasteiger partial charge in [0.05, 0.1) is 24.2 Å². The lowest BCUT2D eigenvalue weighted by Gasteiger charge is -2.28. The standard InChI is InChI=1S/C27H35N7O3/c1-6-35-17-29-24-12-20(9-10-28-24)37-19-7-8-21-22(11-19)33(5)26(30-21)31-25-13-23(27(2,3)4)34(32-25)14-18-15-36-16-18/h7-13,18H,6,14-17H2,1-5H3,(H,28,29)(H,30,31,32). The minimum Gasteiger partial charge on any atom is -0.457 e. The maximum atomic E-state index is 6.12. The fourth-order valence-corrected chi connectivity index (χ4v) is 4.25. The van der Waals surface area contributed by atoms with Crippen LogP contribution in [0.1, 0.15) is 33.4 Å². The van der Waals surface area contributed by atoms with E-state index < -0.39 is 0 Å². The summed E-state index contributed by atoms with van der Waals surface area (Å²) >= 11 is 0. The number of aromatic nitrogens is 5. The second-order valence-corrected chi connectivity index (χ2v) is 10.3. The van der Waals surface area contributed by atoms with Gasteiger partial charge in [-0.3, -0.25) is 4.68 Å². The monoisotopic (exact) mass is 505 g/mol. The van der Waals surface area contributed by atoms with E-state index in [1.807, 2.05) is 48.9 Å². The first-order valence-corrected chi connectivity index (χ1v) is 12.6. The first-order chi connectivity index (χ1) is 17.8. The minimum absolute atomic E-state index is 0.0263. The Labute approximate surface area is 217 Å². The minimum atomic E-state index is -0.0263. The van der Waals surface area contributed by atoms with Crippen molar-refractivity contribution in [3.8, 4) is 11.5 Å². The zero-order valence-corrected chi connectivity index (χ0v) is 22.1. The lowest BCUT2D eigenvalue weighted by molar-refractivity contribution is -0.0414. The second-order valence-electron chi connectivity index (χ2n) is 10.3. The molecule has 1 aliphatic heterocycles. The number of ether oxygens (including phenoxy) is 3. The van der Waals surface area contributed by atoms with Gasteiger partial charge in [-0.15, -0.1) is 0 Å². The molecule has 37 heavy (non-hydrogen) atoms. The van der Waals surface area contributed by atoms with Crippen LogP contribution in [-0.4, -0.2) is 50.9 Å². The maximum absolute atomic E-state index is 6.12. The molecule has 10 nitrogen and oxygen atoms in total. The fourth-order valence-electron chi connectivity index (χ4n) is 4.25. The van der Waals surface area contributed by atoms with Gasteiger partial charge in [0.1, 0.15) is 24.0 Å². The quantitative estimate of drug-likeness (QED) is 0.228. The molecule has 1 fully saturated rings. The van der Waals surface area contributed by atoms with E-state index in [4.69, 9.17) is 24.3 Å². The SMILES string of the molecule is CCOCNc1cc(Oc2ccc3nc(Nc4cc(C(C)(C)C)n(CC5COC5)n4)n(C)c3c2)ccn1. The van der Waals surface area contributed by atoms with Gasteiger partial charge in [-0.25, -0.2) is 9.97 Å². The average molecular weight is 506 g/mol. The van der Waals surface area contributed by atoms with E-state index in [1.165, 1.54) is 5.69 Å². The number of hydrogen-bond acceptors (Lipinski definition) is 8. The summed E-state index contributed by atoms with van der Waals surface area (Å²) < 4.78 is 20.9. The summed E-state index contributed by atoms with van der Waals surface area (Å²) in [6.45, 7) is 12.1. The molecule has 3 aromatic heterocycles. The van der Waals surface area contributed by atoms with Crippen LogP contribution in [0.5, 0.6) is 11.5 Å². The number of pyridine rings is 1. The van der Waals surface area contributed by atoms with Crippen molar-refractivity contribution >= 4 is 28.6 Å². The van der Waals surface area contributed by atoms with Gasteiger partial charge in [-0.05, 0) is 25.1 Å². The maximum Gasteiger partial charge on any atom is 0.209 e. The summed E-state index contributed by atoms with van der Waals surface area (Å²) in [5.74, 6) is 4.11. The van der Waals surface area contributed by atoms with Crippen molar-refractivity contribution < 1.29 is 14.2 Å². The number of fused-ring (bicyclic) bond motifs is 1. The van der Waals surface area contributed by atoms with Crippen LogP contribution >= 0.6 is 0 Å². The number of aryl methyl sites for hydroxylation is 1. The molecule has 0 atom stereocenters. The third kappa shape index (κ3) is 5.70. The lowest BCUT2D eigenvalue weighted by atomic mass is 9.92. The van der Waals surface area contributed by atoms with Crippen LogP contribution in [0.25, 0.3) is 11.0 Å². The summed E-state index contributed by atoms with van der Waals surface area (Å²) in [5, 5.41) is 11.4. The third-order valence-electron chi connectivity index (χ3n) is 6.31. The number of imidazole rings is 1. The van der Waals surface area contributed by atoms with Crippen molar-refractivity contribution in [3.05, 3.63) is 48.3 Å². The third-order valence-corrected chi connectivity index (χ3v) is 6.31. The molecule has 5 rings (SSSR count). The Balaban J connectivity index is 1.34. The summed E-state index contributed by atoms with van der Waals surface area (Å²) in [6, 6.07) is 11.6. The van der Waals surface area contributed by atoms with Gasteiger partial charge in [0.25, 0.3) is 0 Å². The van der Waals surface area contributed by atoms with Gasteiger partial charge in [0, 0.05) is 61.6 Å². The normalized spacial score (nSPS) is 14.1. The van der Waals surface area contributed by atoms with Gasteiger partial charge in [0.2, 0.25) is 5.95 Å². The molecular formula is C27H35N7O3. The number of rotatable bonds is 10. The van der Waals surface area contributed by atoms with Gasteiger partial charge >= 0.3 is 0 Å². The lowest BCUT2D eigenvalue weighted by Crippen LogP contribution is -2.33. The Morgan fingerprint density at radius 2 is 1.89 bits per heavy atom. The predicted octanol–water partition coefficient (Wildman–Crippen LogP) is 5.05. The predicted molar refractivity (Wildman–Crippen MR) is 144 cm³/mol. The Hall–Kier alpha value is -3.63. The van der Waals surface area contributed by atoms with Crippen molar-refractivity contribution in [3.63, 3.8) is 0 Å². The highest BCUT2D eigenvalue weighted by Gasteiger charge is 2.26. The van der Waals surface area contributed by atoms with Gasteiger partial charge in [0.15, 0.2) is 5.82 Å². The Morgan fingerprint density at radius 1 is 1.08 bits per heavy atom. The molecule has 4 heterocycles. The summed E-state index contributed by atoms with van der Waals surface area (Å²) in [6.07, 6.45) is 1.71. The molecule has 1 aromatic carbocycles. The van der Waals surface area contributed by atoms with Gasteiger partial charge < -0.3 is 29.4 Å². The zero-order valence-electron chi connectivity index (χ0n) is 22.1. The summed E-state index contributed by atoms with van der Waals surface area (Å²) in [4.78, 5) is 9.09. The zero-order chi connectivity index (χ0) is 26.0. The second kappa shape index (κ2) is 10.4.